The molecule has 0 unspecified atom stereocenters. The number of aliphatic hydroxyl groups is 1. The molecule has 0 radical (unpaired) electrons. The van der Waals surface area contributed by atoms with Crippen LogP contribution in [0.3, 0.4) is 0 Å². The van der Waals surface area contributed by atoms with Gasteiger partial charge in [-0.3, -0.25) is 9.67 Å². The molecule has 0 aliphatic heterocycles. The van der Waals surface area contributed by atoms with Gasteiger partial charge in [0.05, 0.1) is 17.9 Å². The average molecular weight is 322 g/mol. The Morgan fingerprint density at radius 2 is 1.92 bits per heavy atom. The minimum Gasteiger partial charge on any atom is -0.384 e. The number of rotatable bonds is 6. The van der Waals surface area contributed by atoms with Crippen LogP contribution in [0.2, 0.25) is 0 Å². The van der Waals surface area contributed by atoms with Gasteiger partial charge in [0.25, 0.3) is 0 Å². The predicted molar refractivity (Wildman–Crippen MR) is 93.3 cm³/mol. The highest BCUT2D eigenvalue weighted by molar-refractivity contribution is 5.28. The molecule has 0 spiro atoms. The highest BCUT2D eigenvalue weighted by Crippen LogP contribution is 2.24. The van der Waals surface area contributed by atoms with Crippen molar-refractivity contribution in [3.8, 4) is 0 Å². The fourth-order valence-electron chi connectivity index (χ4n) is 2.69. The Kier molecular flexibility index (Phi) is 4.74. The Bertz CT molecular complexity index is 729. The third-order valence-electron chi connectivity index (χ3n) is 4.09. The van der Waals surface area contributed by atoms with E-state index in [-0.39, 0.29) is 6.04 Å². The van der Waals surface area contributed by atoms with Crippen LogP contribution in [0, 0.1) is 0 Å². The van der Waals surface area contributed by atoms with Gasteiger partial charge in [-0.25, -0.2) is 0 Å². The first-order chi connectivity index (χ1) is 11.6. The third kappa shape index (κ3) is 3.69. The Morgan fingerprint density at radius 3 is 2.54 bits per heavy atom. The molecule has 0 fully saturated rings. The highest BCUT2D eigenvalue weighted by Gasteiger charge is 2.26. The molecule has 0 aliphatic rings. The second-order valence-electron chi connectivity index (χ2n) is 6.16. The zero-order valence-corrected chi connectivity index (χ0v) is 13.9. The Labute approximate surface area is 142 Å². The van der Waals surface area contributed by atoms with Crippen molar-refractivity contribution in [2.24, 2.45) is 7.05 Å². The van der Waals surface area contributed by atoms with Gasteiger partial charge in [-0.15, -0.1) is 0 Å². The minimum absolute atomic E-state index is 0.0875. The topological polar surface area (TPSA) is 63.0 Å². The zero-order chi connectivity index (χ0) is 17.0. The van der Waals surface area contributed by atoms with Gasteiger partial charge in [-0.1, -0.05) is 36.4 Å². The quantitative estimate of drug-likeness (QED) is 0.731. The van der Waals surface area contributed by atoms with Crippen molar-refractivity contribution < 1.29 is 5.11 Å². The molecular weight excluding hydrogens is 300 g/mol. The van der Waals surface area contributed by atoms with Crippen LogP contribution in [0.25, 0.3) is 0 Å². The average Bonchev–Trinajstić information content (AvgIpc) is 3.04. The maximum atomic E-state index is 10.8. The summed E-state index contributed by atoms with van der Waals surface area (Å²) in [7, 11) is 1.84. The van der Waals surface area contributed by atoms with E-state index in [1.165, 1.54) is 0 Å². The summed E-state index contributed by atoms with van der Waals surface area (Å²) in [5.41, 5.74) is 1.80. The van der Waals surface area contributed by atoms with E-state index < -0.39 is 5.60 Å². The molecule has 0 saturated heterocycles. The molecule has 1 aromatic carbocycles. The first-order valence-corrected chi connectivity index (χ1v) is 7.97. The lowest BCUT2D eigenvalue weighted by Crippen LogP contribution is -2.37. The minimum atomic E-state index is -1.02. The fourth-order valence-corrected chi connectivity index (χ4v) is 2.69. The molecule has 2 N–H and O–H groups in total. The number of pyridine rings is 1. The van der Waals surface area contributed by atoms with Gasteiger partial charge in [0.1, 0.15) is 5.60 Å². The molecule has 2 aromatic heterocycles. The van der Waals surface area contributed by atoms with Crippen LogP contribution in [-0.4, -0.2) is 26.4 Å². The van der Waals surface area contributed by atoms with Gasteiger partial charge in [0, 0.05) is 31.5 Å². The van der Waals surface area contributed by atoms with Crippen LogP contribution in [0.1, 0.15) is 29.8 Å². The molecular formula is C19H22N4O. The SMILES string of the molecule is Cn1cc([C@@](C)(O)CN[C@H](c2ccccc2)c2ccccn2)cn1. The van der Waals surface area contributed by atoms with Crippen molar-refractivity contribution in [1.29, 1.82) is 0 Å². The van der Waals surface area contributed by atoms with Crippen LogP contribution in [0.15, 0.2) is 67.1 Å². The van der Waals surface area contributed by atoms with E-state index in [1.54, 1.807) is 24.0 Å². The van der Waals surface area contributed by atoms with Crippen LogP contribution >= 0.6 is 0 Å². The lowest BCUT2D eigenvalue weighted by Gasteiger charge is -2.26. The van der Waals surface area contributed by atoms with Crippen molar-refractivity contribution >= 4 is 0 Å². The zero-order valence-electron chi connectivity index (χ0n) is 13.9. The van der Waals surface area contributed by atoms with Gasteiger partial charge in [0.15, 0.2) is 0 Å². The van der Waals surface area contributed by atoms with Crippen LogP contribution in [-0.2, 0) is 12.6 Å². The fraction of sp³-hybridized carbons (Fsp3) is 0.263. The van der Waals surface area contributed by atoms with Crippen molar-refractivity contribution in [3.63, 3.8) is 0 Å². The Morgan fingerprint density at radius 1 is 1.17 bits per heavy atom. The lowest BCUT2D eigenvalue weighted by molar-refractivity contribution is 0.0548. The normalized spacial score (nSPS) is 15.0. The second-order valence-corrected chi connectivity index (χ2v) is 6.16. The first kappa shape index (κ1) is 16.4. The lowest BCUT2D eigenvalue weighted by atomic mass is 9.97. The standard InChI is InChI=1S/C19H22N4O/c1-19(24,16-12-22-23(2)13-16)14-21-18(15-8-4-3-5-9-15)17-10-6-7-11-20-17/h3-13,18,21,24H,14H2,1-2H3/t18-,19+/m1/s1. The number of aromatic nitrogens is 3. The summed E-state index contributed by atoms with van der Waals surface area (Å²) in [4.78, 5) is 4.47. The number of hydrogen-bond donors (Lipinski definition) is 2. The molecule has 5 heteroatoms. The number of nitrogens with one attached hydrogen (secondary N) is 1. The van der Waals surface area contributed by atoms with Crippen LogP contribution in [0.4, 0.5) is 0 Å². The molecule has 24 heavy (non-hydrogen) atoms. The molecule has 0 saturated carbocycles. The monoisotopic (exact) mass is 322 g/mol. The third-order valence-corrected chi connectivity index (χ3v) is 4.09. The summed E-state index contributed by atoms with van der Waals surface area (Å²) in [6.07, 6.45) is 5.31. The van der Waals surface area contributed by atoms with E-state index in [9.17, 15) is 5.11 Å². The number of nitrogens with zero attached hydrogens (tertiary/aromatic N) is 3. The van der Waals surface area contributed by atoms with Crippen molar-refractivity contribution in [2.45, 2.75) is 18.6 Å². The molecule has 3 rings (SSSR count). The van der Waals surface area contributed by atoms with E-state index in [2.05, 4.69) is 27.5 Å². The Balaban J connectivity index is 1.82. The smallest absolute Gasteiger partial charge is 0.102 e. The number of aryl methyl sites for hydroxylation is 1. The summed E-state index contributed by atoms with van der Waals surface area (Å²) in [6.45, 7) is 2.17. The maximum absolute atomic E-state index is 10.8. The number of benzene rings is 1. The van der Waals surface area contributed by atoms with Gasteiger partial charge >= 0.3 is 0 Å². The predicted octanol–water partition coefficient (Wildman–Crippen LogP) is 2.40. The summed E-state index contributed by atoms with van der Waals surface area (Å²) in [5.74, 6) is 0. The Hall–Kier alpha value is -2.50. The molecule has 2 atom stereocenters. The molecule has 0 aliphatic carbocycles. The van der Waals surface area contributed by atoms with Crippen molar-refractivity contribution in [1.82, 2.24) is 20.1 Å². The molecule has 0 amide bonds. The molecule has 3 aromatic rings. The van der Waals surface area contributed by atoms with Gasteiger partial charge in [0.2, 0.25) is 0 Å². The second kappa shape index (κ2) is 6.95. The maximum Gasteiger partial charge on any atom is 0.102 e. The highest BCUT2D eigenvalue weighted by atomic mass is 16.3. The van der Waals surface area contributed by atoms with Gasteiger partial charge < -0.3 is 10.4 Å². The first-order valence-electron chi connectivity index (χ1n) is 7.97. The molecule has 2 heterocycles. The van der Waals surface area contributed by atoms with Crippen LogP contribution < -0.4 is 5.32 Å². The van der Waals surface area contributed by atoms with E-state index >= 15 is 0 Å². The van der Waals surface area contributed by atoms with Gasteiger partial charge in [-0.05, 0) is 24.6 Å². The summed E-state index contributed by atoms with van der Waals surface area (Å²) >= 11 is 0. The van der Waals surface area contributed by atoms with Crippen molar-refractivity contribution in [2.75, 3.05) is 6.54 Å². The molecule has 0 bridgehead atoms. The molecule has 5 nitrogen and oxygen atoms in total. The van der Waals surface area contributed by atoms with E-state index in [1.807, 2.05) is 49.6 Å². The van der Waals surface area contributed by atoms with Crippen LogP contribution in [0.5, 0.6) is 0 Å². The largest absolute Gasteiger partial charge is 0.384 e. The number of hydrogen-bond acceptors (Lipinski definition) is 4. The summed E-state index contributed by atoms with van der Waals surface area (Å²) in [6, 6.07) is 15.9. The van der Waals surface area contributed by atoms with E-state index in [0.29, 0.717) is 6.54 Å². The van der Waals surface area contributed by atoms with E-state index in [4.69, 9.17) is 0 Å². The summed E-state index contributed by atoms with van der Waals surface area (Å²) < 4.78 is 1.69. The molecule has 124 valence electrons. The van der Waals surface area contributed by atoms with Crippen molar-refractivity contribution in [3.05, 3.63) is 83.9 Å². The van der Waals surface area contributed by atoms with Gasteiger partial charge in [-0.2, -0.15) is 5.10 Å². The summed E-state index contributed by atoms with van der Waals surface area (Å²) in [5, 5.41) is 18.4. The van der Waals surface area contributed by atoms with E-state index in [0.717, 1.165) is 16.8 Å².